The third-order valence-electron chi connectivity index (χ3n) is 4.81. The topological polar surface area (TPSA) is 58.3 Å². The number of aromatic nitrogens is 3. The lowest BCUT2D eigenvalue weighted by Gasteiger charge is -2.33. The third-order valence-corrected chi connectivity index (χ3v) is 5.64. The van der Waals surface area contributed by atoms with Gasteiger partial charge in [-0.3, -0.25) is 9.80 Å². The molecule has 6 nitrogen and oxygen atoms in total. The van der Waals surface area contributed by atoms with Gasteiger partial charge >= 0.3 is 6.18 Å². The lowest BCUT2D eigenvalue weighted by atomic mass is 10.1. The Hall–Kier alpha value is -2.30. The first-order valence-corrected chi connectivity index (χ1v) is 10.1. The quantitative estimate of drug-likeness (QED) is 0.622. The predicted octanol–water partition coefficient (Wildman–Crippen LogP) is 3.84. The first-order valence-electron chi connectivity index (χ1n) is 9.23. The van der Waals surface area contributed by atoms with Crippen LogP contribution in [0.3, 0.4) is 0 Å². The molecule has 0 N–H and O–H groups in total. The minimum Gasteiger partial charge on any atom is -0.338 e. The molecule has 1 aromatic carbocycles. The molecule has 0 aliphatic carbocycles. The van der Waals surface area contributed by atoms with Crippen molar-refractivity contribution in [2.75, 3.05) is 26.2 Å². The summed E-state index contributed by atoms with van der Waals surface area (Å²) in [5.74, 6) is 0.759. The highest BCUT2D eigenvalue weighted by molar-refractivity contribution is 7.09. The van der Waals surface area contributed by atoms with Gasteiger partial charge in [0.15, 0.2) is 0 Å². The second-order valence-electron chi connectivity index (χ2n) is 7.00. The number of hydrogen-bond donors (Lipinski definition) is 0. The summed E-state index contributed by atoms with van der Waals surface area (Å²) in [6, 6.07) is 4.76. The van der Waals surface area contributed by atoms with Crippen molar-refractivity contribution in [1.29, 1.82) is 0 Å². The van der Waals surface area contributed by atoms with Gasteiger partial charge < -0.3 is 4.52 Å². The van der Waals surface area contributed by atoms with Crippen LogP contribution in [0.5, 0.6) is 0 Å². The van der Waals surface area contributed by atoms with Gasteiger partial charge in [-0.15, -0.1) is 11.3 Å². The number of alkyl halides is 3. The predicted molar refractivity (Wildman–Crippen MR) is 102 cm³/mol. The number of nitrogens with zero attached hydrogens (tertiary/aromatic N) is 5. The fourth-order valence-electron chi connectivity index (χ4n) is 3.25. The van der Waals surface area contributed by atoms with E-state index >= 15 is 0 Å². The van der Waals surface area contributed by atoms with Crippen LogP contribution in [0.1, 0.15) is 22.2 Å². The Morgan fingerprint density at radius 2 is 1.66 bits per heavy atom. The van der Waals surface area contributed by atoms with E-state index in [-0.39, 0.29) is 0 Å². The molecule has 0 amide bonds. The molecule has 10 heteroatoms. The lowest BCUT2D eigenvalue weighted by molar-refractivity contribution is -0.137. The molecule has 1 aliphatic rings. The summed E-state index contributed by atoms with van der Waals surface area (Å²) in [6.07, 6.45) is -4.36. The Morgan fingerprint density at radius 3 is 2.24 bits per heavy atom. The maximum absolute atomic E-state index is 12.7. The van der Waals surface area contributed by atoms with E-state index in [1.807, 2.05) is 6.92 Å². The molecule has 0 bridgehead atoms. The van der Waals surface area contributed by atoms with E-state index in [9.17, 15) is 13.2 Å². The highest BCUT2D eigenvalue weighted by Gasteiger charge is 2.30. The molecule has 1 fully saturated rings. The van der Waals surface area contributed by atoms with Crippen molar-refractivity contribution in [2.45, 2.75) is 26.2 Å². The normalized spacial score (nSPS) is 16.4. The summed E-state index contributed by atoms with van der Waals surface area (Å²) in [6.45, 7) is 7.00. The summed E-state index contributed by atoms with van der Waals surface area (Å²) < 4.78 is 43.3. The summed E-state index contributed by atoms with van der Waals surface area (Å²) in [5.41, 5.74) is 0.908. The van der Waals surface area contributed by atoms with Gasteiger partial charge in [0, 0.05) is 43.7 Å². The molecule has 0 radical (unpaired) electrons. The van der Waals surface area contributed by atoms with Crippen LogP contribution >= 0.6 is 11.3 Å². The van der Waals surface area contributed by atoms with Crippen molar-refractivity contribution in [3.05, 3.63) is 51.8 Å². The van der Waals surface area contributed by atoms with Crippen LogP contribution in [0.15, 0.2) is 34.2 Å². The summed E-state index contributed by atoms with van der Waals surface area (Å²) in [5, 5.41) is 7.09. The van der Waals surface area contributed by atoms with Crippen LogP contribution in [-0.4, -0.2) is 51.1 Å². The highest BCUT2D eigenvalue weighted by atomic mass is 32.1. The minimum atomic E-state index is -4.36. The fraction of sp³-hybridized carbons (Fsp3) is 0.421. The van der Waals surface area contributed by atoms with E-state index in [1.54, 1.807) is 11.3 Å². The molecular weight excluding hydrogens is 403 g/mol. The van der Waals surface area contributed by atoms with Gasteiger partial charge in [0.05, 0.1) is 22.8 Å². The van der Waals surface area contributed by atoms with Crippen molar-refractivity contribution in [2.24, 2.45) is 0 Å². The van der Waals surface area contributed by atoms with Crippen molar-refractivity contribution in [3.63, 3.8) is 0 Å². The van der Waals surface area contributed by atoms with Gasteiger partial charge in [-0.25, -0.2) is 4.98 Å². The van der Waals surface area contributed by atoms with Gasteiger partial charge in [-0.05, 0) is 19.1 Å². The number of hydrogen-bond acceptors (Lipinski definition) is 7. The van der Waals surface area contributed by atoms with Crippen LogP contribution in [0.2, 0.25) is 0 Å². The number of rotatable bonds is 5. The number of piperazine rings is 1. The Labute approximate surface area is 170 Å². The Balaban J connectivity index is 1.30. The summed E-state index contributed by atoms with van der Waals surface area (Å²) >= 11 is 1.67. The molecule has 0 unspecified atom stereocenters. The number of aryl methyl sites for hydroxylation is 1. The van der Waals surface area contributed by atoms with E-state index in [2.05, 4.69) is 30.3 Å². The average Bonchev–Trinajstić information content (AvgIpc) is 3.32. The first-order chi connectivity index (χ1) is 13.9. The van der Waals surface area contributed by atoms with E-state index in [0.29, 0.717) is 23.8 Å². The highest BCUT2D eigenvalue weighted by Crippen LogP contribution is 2.30. The third kappa shape index (κ3) is 5.01. The van der Waals surface area contributed by atoms with Gasteiger partial charge in [-0.1, -0.05) is 17.3 Å². The lowest BCUT2D eigenvalue weighted by Crippen LogP contribution is -2.45. The Bertz CT molecular complexity index is 945. The maximum Gasteiger partial charge on any atom is 0.416 e. The van der Waals surface area contributed by atoms with E-state index < -0.39 is 11.7 Å². The average molecular weight is 423 g/mol. The SMILES string of the molecule is Cc1nc(CN2CCN(Cc3nc(-c4ccc(C(F)(F)F)cc4)no3)CC2)cs1. The van der Waals surface area contributed by atoms with Gasteiger partial charge in [-0.2, -0.15) is 18.2 Å². The zero-order valence-electron chi connectivity index (χ0n) is 15.8. The van der Waals surface area contributed by atoms with Gasteiger partial charge in [0.1, 0.15) is 0 Å². The molecule has 0 atom stereocenters. The maximum atomic E-state index is 12.7. The van der Waals surface area contributed by atoms with Crippen LogP contribution < -0.4 is 0 Å². The monoisotopic (exact) mass is 423 g/mol. The van der Waals surface area contributed by atoms with Gasteiger partial charge in [0.2, 0.25) is 11.7 Å². The first kappa shape index (κ1) is 20.0. The molecule has 0 saturated carbocycles. The molecular formula is C19H20F3N5OS. The van der Waals surface area contributed by atoms with Crippen molar-refractivity contribution < 1.29 is 17.7 Å². The van der Waals surface area contributed by atoms with Crippen LogP contribution in [-0.2, 0) is 19.3 Å². The van der Waals surface area contributed by atoms with Crippen molar-refractivity contribution in [1.82, 2.24) is 24.9 Å². The zero-order valence-corrected chi connectivity index (χ0v) is 16.6. The molecule has 154 valence electrons. The standard InChI is InChI=1S/C19H20F3N5OS/c1-13-23-16(12-29-13)10-26-6-8-27(9-7-26)11-17-24-18(25-28-17)14-2-4-15(5-3-14)19(20,21)22/h2-5,12H,6-11H2,1H3. The van der Waals surface area contributed by atoms with Gasteiger partial charge in [0.25, 0.3) is 0 Å². The molecule has 2 aromatic heterocycles. The zero-order chi connectivity index (χ0) is 20.4. The van der Waals surface area contributed by atoms with Crippen molar-refractivity contribution in [3.8, 4) is 11.4 Å². The molecule has 1 saturated heterocycles. The van der Waals surface area contributed by atoms with Crippen molar-refractivity contribution >= 4 is 11.3 Å². The second-order valence-corrected chi connectivity index (χ2v) is 8.06. The molecule has 0 spiro atoms. The Kier molecular flexibility index (Phi) is 5.66. The molecule has 3 aromatic rings. The summed E-state index contributed by atoms with van der Waals surface area (Å²) in [4.78, 5) is 13.4. The van der Waals surface area contributed by atoms with E-state index in [0.717, 1.165) is 55.6 Å². The largest absolute Gasteiger partial charge is 0.416 e. The van der Waals surface area contributed by atoms with Crippen LogP contribution in [0.25, 0.3) is 11.4 Å². The van der Waals surface area contributed by atoms with E-state index in [4.69, 9.17) is 4.52 Å². The smallest absolute Gasteiger partial charge is 0.338 e. The van der Waals surface area contributed by atoms with E-state index in [1.165, 1.54) is 12.1 Å². The molecule has 3 heterocycles. The molecule has 1 aliphatic heterocycles. The Morgan fingerprint density at radius 1 is 1.00 bits per heavy atom. The number of thiazole rings is 1. The number of halogens is 3. The fourth-order valence-corrected chi connectivity index (χ4v) is 3.86. The molecule has 29 heavy (non-hydrogen) atoms. The van der Waals surface area contributed by atoms with Crippen LogP contribution in [0.4, 0.5) is 13.2 Å². The molecule has 4 rings (SSSR count). The second kappa shape index (κ2) is 8.21. The number of benzene rings is 1. The van der Waals surface area contributed by atoms with Crippen LogP contribution in [0, 0.1) is 6.92 Å². The minimum absolute atomic E-state index is 0.297. The summed E-state index contributed by atoms with van der Waals surface area (Å²) in [7, 11) is 0.